The summed E-state index contributed by atoms with van der Waals surface area (Å²) < 4.78 is 33.8. The minimum atomic E-state index is -0.733. The van der Waals surface area contributed by atoms with Crippen molar-refractivity contribution in [1.82, 2.24) is 19.9 Å². The molecular weight excluding hydrogens is 608 g/mol. The number of hydrogen-bond donors (Lipinski definition) is 0. The lowest BCUT2D eigenvalue weighted by Crippen LogP contribution is -2.25. The van der Waals surface area contributed by atoms with E-state index >= 15 is 0 Å². The van der Waals surface area contributed by atoms with Gasteiger partial charge in [-0.25, -0.2) is 48.7 Å². The van der Waals surface area contributed by atoms with Gasteiger partial charge in [-0.15, -0.1) is 0 Å². The Kier molecular flexibility index (Phi) is 6.35. The maximum Gasteiger partial charge on any atom is 0.266 e. The van der Waals surface area contributed by atoms with Crippen molar-refractivity contribution in [3.8, 4) is 53.4 Å². The van der Waals surface area contributed by atoms with Crippen molar-refractivity contribution < 1.29 is 13.2 Å². The molecule has 0 spiro atoms. The van der Waals surface area contributed by atoms with Crippen LogP contribution in [0.5, 0.6) is 0 Å². The highest BCUT2D eigenvalue weighted by Gasteiger charge is 2.24. The molecule has 0 unspecified atom stereocenters. The van der Waals surface area contributed by atoms with Crippen LogP contribution in [0.2, 0.25) is 0 Å². The van der Waals surface area contributed by atoms with E-state index < -0.39 is 11.6 Å². The van der Waals surface area contributed by atoms with Crippen LogP contribution in [0.25, 0.3) is 39.8 Å². The second-order valence-corrected chi connectivity index (χ2v) is 9.52. The molecule has 216 valence electrons. The molecular formula is C31H7F2N13O. The van der Waals surface area contributed by atoms with Crippen molar-refractivity contribution in [1.29, 1.82) is 26.3 Å². The van der Waals surface area contributed by atoms with Crippen molar-refractivity contribution in [3.63, 3.8) is 0 Å². The number of aromatic nitrogens is 4. The summed E-state index contributed by atoms with van der Waals surface area (Å²) >= 11 is 0. The molecule has 5 aromatic rings. The smallest absolute Gasteiger partial charge is 0.266 e. The SMILES string of the molecule is N#CC(C#N)=C1N=c2ccc(-c3nc(/C(C#N)=C4/N=c5cc(F)cc(C#N)c5=N4)nc(-c4nc5ccc(F)cc5o4)n3)c(C#N)c2=N1. The fraction of sp³-hybridized carbons (Fsp3) is 0. The lowest BCUT2D eigenvalue weighted by atomic mass is 10.1. The van der Waals surface area contributed by atoms with Crippen LogP contribution in [0, 0.1) is 68.3 Å². The largest absolute Gasteiger partial charge is 0.433 e. The van der Waals surface area contributed by atoms with Crippen LogP contribution in [0.4, 0.5) is 8.78 Å². The molecule has 7 rings (SSSR count). The fourth-order valence-corrected chi connectivity index (χ4v) is 4.69. The molecule has 0 amide bonds. The third-order valence-corrected chi connectivity index (χ3v) is 6.76. The maximum atomic E-state index is 14.1. The molecule has 4 heterocycles. The van der Waals surface area contributed by atoms with Gasteiger partial charge in [-0.1, -0.05) is 0 Å². The molecule has 0 saturated heterocycles. The van der Waals surface area contributed by atoms with Gasteiger partial charge in [0.15, 0.2) is 34.4 Å². The van der Waals surface area contributed by atoms with Crippen LogP contribution < -0.4 is 21.4 Å². The van der Waals surface area contributed by atoms with Gasteiger partial charge in [0.1, 0.15) is 63.8 Å². The number of nitriles is 5. The Balaban J connectivity index is 1.51. The Bertz CT molecular complexity index is 2820. The van der Waals surface area contributed by atoms with Crippen molar-refractivity contribution >= 4 is 16.7 Å². The van der Waals surface area contributed by atoms with Gasteiger partial charge < -0.3 is 4.42 Å². The van der Waals surface area contributed by atoms with Gasteiger partial charge in [-0.3, -0.25) is 0 Å². The molecule has 0 radical (unpaired) electrons. The predicted molar refractivity (Wildman–Crippen MR) is 149 cm³/mol. The van der Waals surface area contributed by atoms with E-state index in [0.29, 0.717) is 0 Å². The number of nitrogens with zero attached hydrogens (tertiary/aromatic N) is 13. The van der Waals surface area contributed by atoms with Crippen LogP contribution in [-0.2, 0) is 0 Å². The molecule has 2 aliphatic heterocycles. The molecule has 0 atom stereocenters. The Labute approximate surface area is 259 Å². The van der Waals surface area contributed by atoms with Gasteiger partial charge in [0, 0.05) is 17.7 Å². The standard InChI is InChI=1S/C31H7F2N13O/c32-15-1-3-20-23(7-15)47-31(41-20)30-45-27(17-2-4-21-25(18(17)11-37)43-26(39-21)14(9-35)10-36)44-29(46-30)19(12-38)28-40-22-6-16(33)5-13(8-34)24(22)42-28/h1-7H/b28-19-. The summed E-state index contributed by atoms with van der Waals surface area (Å²) in [7, 11) is 0. The van der Waals surface area contributed by atoms with E-state index in [1.54, 1.807) is 12.1 Å². The number of halogens is 2. The minimum absolute atomic E-state index is 0.00787. The number of hydrogen-bond acceptors (Lipinski definition) is 14. The van der Waals surface area contributed by atoms with Gasteiger partial charge in [0.05, 0.1) is 21.8 Å². The third-order valence-electron chi connectivity index (χ3n) is 6.76. The molecule has 3 aromatic carbocycles. The number of allylic oxidation sites excluding steroid dienone is 2. The van der Waals surface area contributed by atoms with Crippen LogP contribution in [0.1, 0.15) is 17.0 Å². The van der Waals surface area contributed by atoms with E-state index in [4.69, 9.17) is 4.42 Å². The Morgan fingerprint density at radius 1 is 0.660 bits per heavy atom. The Morgan fingerprint density at radius 2 is 1.43 bits per heavy atom. The van der Waals surface area contributed by atoms with E-state index in [1.807, 2.05) is 18.2 Å². The average molecular weight is 615 g/mol. The Morgan fingerprint density at radius 3 is 2.17 bits per heavy atom. The molecule has 0 N–H and O–H groups in total. The molecule has 0 bridgehead atoms. The average Bonchev–Trinajstić information content (AvgIpc) is 3.81. The van der Waals surface area contributed by atoms with Gasteiger partial charge in [0.25, 0.3) is 5.89 Å². The van der Waals surface area contributed by atoms with E-state index in [0.717, 1.165) is 18.2 Å². The Hall–Kier alpha value is -7.87. The molecule has 2 aromatic heterocycles. The number of fused-ring (bicyclic) bond motifs is 3. The minimum Gasteiger partial charge on any atom is -0.433 e. The van der Waals surface area contributed by atoms with Crippen LogP contribution in [0.15, 0.2) is 84.1 Å². The lowest BCUT2D eigenvalue weighted by molar-refractivity contribution is 0.598. The van der Waals surface area contributed by atoms with Gasteiger partial charge in [-0.05, 0) is 30.3 Å². The molecule has 2 aliphatic rings. The molecule has 0 aliphatic carbocycles. The highest BCUT2D eigenvalue weighted by atomic mass is 19.1. The van der Waals surface area contributed by atoms with E-state index in [-0.39, 0.29) is 95.4 Å². The third kappa shape index (κ3) is 4.59. The van der Waals surface area contributed by atoms with Gasteiger partial charge in [-0.2, -0.15) is 26.3 Å². The highest BCUT2D eigenvalue weighted by Crippen LogP contribution is 2.28. The zero-order valence-corrected chi connectivity index (χ0v) is 23.0. The van der Waals surface area contributed by atoms with Crippen molar-refractivity contribution in [2.24, 2.45) is 20.0 Å². The van der Waals surface area contributed by atoms with Crippen LogP contribution in [-0.4, -0.2) is 19.9 Å². The quantitative estimate of drug-likeness (QED) is 0.268. The topological polar surface area (TPSA) is 233 Å². The van der Waals surface area contributed by atoms with E-state index in [9.17, 15) is 35.1 Å². The molecule has 0 saturated carbocycles. The van der Waals surface area contributed by atoms with E-state index in [1.165, 1.54) is 24.3 Å². The predicted octanol–water partition coefficient (Wildman–Crippen LogP) is 2.03. The molecule has 0 fully saturated rings. The van der Waals surface area contributed by atoms with Crippen molar-refractivity contribution in [3.05, 3.63) is 110 Å². The first kappa shape index (κ1) is 27.9. The summed E-state index contributed by atoms with van der Waals surface area (Å²) in [5.41, 5.74) is -0.427. The number of benzene rings is 3. The van der Waals surface area contributed by atoms with E-state index in [2.05, 4.69) is 39.9 Å². The first-order valence-electron chi connectivity index (χ1n) is 13.0. The summed E-state index contributed by atoms with van der Waals surface area (Å²) in [4.78, 5) is 34.4. The van der Waals surface area contributed by atoms with Crippen molar-refractivity contribution in [2.45, 2.75) is 0 Å². The molecule has 47 heavy (non-hydrogen) atoms. The summed E-state index contributed by atoms with van der Waals surface area (Å²) in [5, 5.41) is 48.7. The number of oxazole rings is 1. The monoisotopic (exact) mass is 615 g/mol. The maximum absolute atomic E-state index is 14.1. The number of rotatable bonds is 3. The molecule has 16 heteroatoms. The lowest BCUT2D eigenvalue weighted by Gasteiger charge is -2.07. The molecule has 14 nitrogen and oxygen atoms in total. The highest BCUT2D eigenvalue weighted by molar-refractivity contribution is 5.79. The summed E-state index contributed by atoms with van der Waals surface area (Å²) in [6.07, 6.45) is 0. The zero-order chi connectivity index (χ0) is 32.8. The fourth-order valence-electron chi connectivity index (χ4n) is 4.69. The van der Waals surface area contributed by atoms with Crippen molar-refractivity contribution in [2.75, 3.05) is 0 Å². The second kappa shape index (κ2) is 10.7. The normalized spacial score (nSPS) is 13.3. The van der Waals surface area contributed by atoms with Crippen LogP contribution >= 0.6 is 0 Å². The van der Waals surface area contributed by atoms with Gasteiger partial charge in [0.2, 0.25) is 5.82 Å². The first-order valence-corrected chi connectivity index (χ1v) is 13.0. The summed E-state index contributed by atoms with van der Waals surface area (Å²) in [6.45, 7) is 0. The van der Waals surface area contributed by atoms with Gasteiger partial charge >= 0.3 is 0 Å². The first-order chi connectivity index (χ1) is 22.8. The summed E-state index contributed by atoms with van der Waals surface area (Å²) in [6, 6.07) is 17.8. The van der Waals surface area contributed by atoms with Crippen LogP contribution in [0.3, 0.4) is 0 Å². The second-order valence-electron chi connectivity index (χ2n) is 9.52. The zero-order valence-electron chi connectivity index (χ0n) is 23.0. The summed E-state index contributed by atoms with van der Waals surface area (Å²) in [5.74, 6) is -2.61.